The molecule has 1 atom stereocenters. The lowest BCUT2D eigenvalue weighted by molar-refractivity contribution is -0.130. The Bertz CT molecular complexity index is 1100. The fourth-order valence-corrected chi connectivity index (χ4v) is 3.91. The summed E-state index contributed by atoms with van der Waals surface area (Å²) in [4.78, 5) is 30.0. The van der Waals surface area contributed by atoms with Gasteiger partial charge in [-0.2, -0.15) is 4.98 Å². The molecule has 1 aliphatic heterocycles. The van der Waals surface area contributed by atoms with E-state index in [2.05, 4.69) is 15.1 Å². The number of halogens is 1. The molecule has 1 fully saturated rings. The van der Waals surface area contributed by atoms with Crippen molar-refractivity contribution in [3.05, 3.63) is 53.7 Å². The molecule has 1 saturated heterocycles. The zero-order chi connectivity index (χ0) is 22.7. The first-order chi connectivity index (χ1) is 15.4. The van der Waals surface area contributed by atoms with E-state index >= 15 is 0 Å². The number of carbonyl (C=O) groups is 1. The largest absolute Gasteiger partial charge is 0.347 e. The monoisotopic (exact) mass is 438 g/mol. The third kappa shape index (κ3) is 4.76. The first-order valence-electron chi connectivity index (χ1n) is 10.8. The van der Waals surface area contributed by atoms with E-state index in [4.69, 9.17) is 9.51 Å². The van der Waals surface area contributed by atoms with Crippen molar-refractivity contribution in [1.82, 2.24) is 25.0 Å². The number of benzene rings is 1. The van der Waals surface area contributed by atoms with E-state index in [-0.39, 0.29) is 17.6 Å². The highest BCUT2D eigenvalue weighted by Crippen LogP contribution is 2.34. The van der Waals surface area contributed by atoms with Gasteiger partial charge >= 0.3 is 0 Å². The van der Waals surface area contributed by atoms with E-state index in [9.17, 15) is 9.18 Å². The Morgan fingerprint density at radius 2 is 2.16 bits per heavy atom. The van der Waals surface area contributed by atoms with Crippen LogP contribution in [0.1, 0.15) is 43.1 Å². The number of rotatable bonds is 7. The summed E-state index contributed by atoms with van der Waals surface area (Å²) in [6, 6.07) is 6.44. The number of amides is 1. The lowest BCUT2D eigenvalue weighted by atomic mass is 9.96. The van der Waals surface area contributed by atoms with Gasteiger partial charge in [-0.15, -0.1) is 0 Å². The molecule has 3 heterocycles. The van der Waals surface area contributed by atoms with Crippen molar-refractivity contribution in [3.63, 3.8) is 0 Å². The van der Waals surface area contributed by atoms with Crippen molar-refractivity contribution >= 4 is 11.9 Å². The molecule has 0 aliphatic carbocycles. The van der Waals surface area contributed by atoms with Gasteiger partial charge in [0.1, 0.15) is 5.82 Å². The second kappa shape index (κ2) is 9.42. The van der Waals surface area contributed by atoms with E-state index in [1.807, 2.05) is 36.9 Å². The summed E-state index contributed by atoms with van der Waals surface area (Å²) in [6.07, 6.45) is 3.99. The number of hydrogen-bond acceptors (Lipinski definition) is 7. The number of nitrogens with zero attached hydrogens (tertiary/aromatic N) is 6. The lowest BCUT2D eigenvalue weighted by Crippen LogP contribution is -2.28. The summed E-state index contributed by atoms with van der Waals surface area (Å²) in [5.74, 6) is 1.53. The maximum Gasteiger partial charge on any atom is 0.227 e. The standard InChI is InChI=1S/C23H27FN6O2/c1-4-19-26-20(32-28-19)8-9-21(31)30-11-10-16(14-30)22-18(13-25-23(27-22)29(2)3)15-6-5-7-17(24)12-15/h5-7,12-13,16H,4,8-11,14H2,1-3H3/t16-/m0/s1. The van der Waals surface area contributed by atoms with Gasteiger partial charge < -0.3 is 14.3 Å². The van der Waals surface area contributed by atoms with Crippen molar-refractivity contribution in [2.45, 2.75) is 38.5 Å². The molecule has 168 valence electrons. The Morgan fingerprint density at radius 1 is 1.31 bits per heavy atom. The number of carbonyl (C=O) groups excluding carboxylic acids is 1. The molecule has 3 aromatic rings. The van der Waals surface area contributed by atoms with Crippen molar-refractivity contribution < 1.29 is 13.7 Å². The minimum atomic E-state index is -0.305. The molecule has 4 rings (SSSR count). The number of hydrogen-bond donors (Lipinski definition) is 0. The summed E-state index contributed by atoms with van der Waals surface area (Å²) in [6.45, 7) is 3.17. The molecule has 0 radical (unpaired) electrons. The van der Waals surface area contributed by atoms with E-state index in [1.54, 1.807) is 12.3 Å². The summed E-state index contributed by atoms with van der Waals surface area (Å²) in [5, 5.41) is 3.87. The minimum absolute atomic E-state index is 0.0500. The zero-order valence-electron chi connectivity index (χ0n) is 18.6. The summed E-state index contributed by atoms with van der Waals surface area (Å²) < 4.78 is 19.1. The van der Waals surface area contributed by atoms with Gasteiger partial charge in [0.05, 0.1) is 5.69 Å². The molecular formula is C23H27FN6O2. The quantitative estimate of drug-likeness (QED) is 0.559. The lowest BCUT2D eigenvalue weighted by Gasteiger charge is -2.19. The predicted molar refractivity (Wildman–Crippen MR) is 118 cm³/mol. The molecule has 32 heavy (non-hydrogen) atoms. The Morgan fingerprint density at radius 3 is 2.88 bits per heavy atom. The minimum Gasteiger partial charge on any atom is -0.347 e. The van der Waals surface area contributed by atoms with Crippen molar-refractivity contribution in [2.24, 2.45) is 0 Å². The molecule has 0 spiro atoms. The van der Waals surface area contributed by atoms with Crippen LogP contribution >= 0.6 is 0 Å². The first kappa shape index (κ1) is 21.9. The molecule has 1 aliphatic rings. The molecule has 1 amide bonds. The van der Waals surface area contributed by atoms with Gasteiger partial charge in [-0.05, 0) is 24.1 Å². The van der Waals surface area contributed by atoms with Gasteiger partial charge in [-0.3, -0.25) is 4.79 Å². The fourth-order valence-electron chi connectivity index (χ4n) is 3.91. The average molecular weight is 439 g/mol. The van der Waals surface area contributed by atoms with Gasteiger partial charge in [-0.25, -0.2) is 14.4 Å². The smallest absolute Gasteiger partial charge is 0.227 e. The van der Waals surface area contributed by atoms with Gasteiger partial charge in [0, 0.05) is 64.1 Å². The van der Waals surface area contributed by atoms with Crippen LogP contribution in [0.4, 0.5) is 10.3 Å². The van der Waals surface area contributed by atoms with Gasteiger partial charge in [-0.1, -0.05) is 24.2 Å². The first-order valence-corrected chi connectivity index (χ1v) is 10.8. The van der Waals surface area contributed by atoms with E-state index < -0.39 is 0 Å². The SMILES string of the molecule is CCc1noc(CCC(=O)N2CC[C@H](c3nc(N(C)C)ncc3-c3cccc(F)c3)C2)n1. The molecule has 0 unspecified atom stereocenters. The van der Waals surface area contributed by atoms with Crippen molar-refractivity contribution in [1.29, 1.82) is 0 Å². The molecule has 8 nitrogen and oxygen atoms in total. The summed E-state index contributed by atoms with van der Waals surface area (Å²) in [7, 11) is 3.76. The maximum absolute atomic E-state index is 13.9. The van der Waals surface area contributed by atoms with Crippen LogP contribution in [0.15, 0.2) is 35.0 Å². The Kier molecular flexibility index (Phi) is 6.43. The van der Waals surface area contributed by atoms with Crippen LogP contribution in [-0.2, 0) is 17.6 Å². The molecular weight excluding hydrogens is 411 g/mol. The van der Waals surface area contributed by atoms with Crippen molar-refractivity contribution in [3.8, 4) is 11.1 Å². The second-order valence-corrected chi connectivity index (χ2v) is 8.16. The number of aromatic nitrogens is 4. The van der Waals surface area contributed by atoms with E-state index in [0.29, 0.717) is 50.0 Å². The van der Waals surface area contributed by atoms with Crippen LogP contribution in [0.5, 0.6) is 0 Å². The Labute approximate surface area is 186 Å². The molecule has 0 saturated carbocycles. The topological polar surface area (TPSA) is 88.3 Å². The number of likely N-dealkylation sites (tertiary alicyclic amines) is 1. The Balaban J connectivity index is 1.50. The Hall–Kier alpha value is -3.36. The van der Waals surface area contributed by atoms with Gasteiger partial charge in [0.15, 0.2) is 5.82 Å². The molecule has 9 heteroatoms. The third-order valence-electron chi connectivity index (χ3n) is 5.65. The molecule has 1 aromatic carbocycles. The average Bonchev–Trinajstić information content (AvgIpc) is 3.47. The van der Waals surface area contributed by atoms with Crippen LogP contribution in [0.25, 0.3) is 11.1 Å². The fraction of sp³-hybridized carbons (Fsp3) is 0.435. The highest BCUT2D eigenvalue weighted by Gasteiger charge is 2.30. The summed E-state index contributed by atoms with van der Waals surface area (Å²) in [5.41, 5.74) is 2.37. The predicted octanol–water partition coefficient (Wildman–Crippen LogP) is 3.24. The number of anilines is 1. The maximum atomic E-state index is 13.9. The summed E-state index contributed by atoms with van der Waals surface area (Å²) >= 11 is 0. The van der Waals surface area contributed by atoms with Crippen LogP contribution in [0, 0.1) is 5.82 Å². The second-order valence-electron chi connectivity index (χ2n) is 8.16. The molecule has 2 aromatic heterocycles. The van der Waals surface area contributed by atoms with Crippen LogP contribution in [0.3, 0.4) is 0 Å². The zero-order valence-corrected chi connectivity index (χ0v) is 18.6. The highest BCUT2D eigenvalue weighted by atomic mass is 19.1. The van der Waals surface area contributed by atoms with Crippen LogP contribution < -0.4 is 4.90 Å². The van der Waals surface area contributed by atoms with Gasteiger partial charge in [0.25, 0.3) is 0 Å². The van der Waals surface area contributed by atoms with E-state index in [1.165, 1.54) is 12.1 Å². The van der Waals surface area contributed by atoms with E-state index in [0.717, 1.165) is 23.2 Å². The third-order valence-corrected chi connectivity index (χ3v) is 5.65. The van der Waals surface area contributed by atoms with Crippen LogP contribution in [0.2, 0.25) is 0 Å². The van der Waals surface area contributed by atoms with Crippen LogP contribution in [-0.4, -0.2) is 58.1 Å². The molecule has 0 bridgehead atoms. The molecule has 0 N–H and O–H groups in total. The van der Waals surface area contributed by atoms with Crippen molar-refractivity contribution in [2.75, 3.05) is 32.1 Å². The van der Waals surface area contributed by atoms with Gasteiger partial charge in [0.2, 0.25) is 17.7 Å². The normalized spacial score (nSPS) is 15.9. The number of aryl methyl sites for hydroxylation is 2. The highest BCUT2D eigenvalue weighted by molar-refractivity contribution is 5.77.